The monoisotopic (exact) mass is 341 g/mol. The number of halogens is 1. The van der Waals surface area contributed by atoms with Gasteiger partial charge in [0.2, 0.25) is 15.9 Å². The first-order valence-corrected chi connectivity index (χ1v) is 9.22. The average molecular weight is 341 g/mol. The molecule has 0 saturated carbocycles. The lowest BCUT2D eigenvalue weighted by Crippen LogP contribution is -2.53. The molecule has 0 aliphatic carbocycles. The number of sulfonamides is 1. The van der Waals surface area contributed by atoms with Crippen molar-refractivity contribution in [1.29, 1.82) is 0 Å². The lowest BCUT2D eigenvalue weighted by atomic mass is 10.2. The van der Waals surface area contributed by atoms with Crippen LogP contribution in [0.1, 0.15) is 12.8 Å². The van der Waals surface area contributed by atoms with E-state index < -0.39 is 21.9 Å². The Morgan fingerprint density at radius 3 is 2.57 bits per heavy atom. The summed E-state index contributed by atoms with van der Waals surface area (Å²) in [7, 11) is -4.01. The van der Waals surface area contributed by atoms with E-state index in [1.807, 2.05) is 0 Å². The molecule has 0 aromatic heterocycles. The number of amides is 1. The van der Waals surface area contributed by atoms with Gasteiger partial charge in [0.25, 0.3) is 0 Å². The van der Waals surface area contributed by atoms with Gasteiger partial charge in [0.15, 0.2) is 0 Å². The van der Waals surface area contributed by atoms with Gasteiger partial charge in [0.1, 0.15) is 16.8 Å². The molecule has 1 aromatic rings. The molecule has 1 aromatic carbocycles. The minimum atomic E-state index is -4.01. The van der Waals surface area contributed by atoms with Crippen molar-refractivity contribution in [2.75, 3.05) is 32.7 Å². The summed E-state index contributed by atoms with van der Waals surface area (Å²) < 4.78 is 40.6. The van der Waals surface area contributed by atoms with Crippen LogP contribution in [0.2, 0.25) is 0 Å². The average Bonchev–Trinajstić information content (AvgIpc) is 3.05. The summed E-state index contributed by atoms with van der Waals surface area (Å²) in [5, 5.41) is 3.16. The largest absolute Gasteiger partial charge is 0.339 e. The van der Waals surface area contributed by atoms with Gasteiger partial charge >= 0.3 is 0 Å². The number of hydrogen-bond acceptors (Lipinski definition) is 4. The summed E-state index contributed by atoms with van der Waals surface area (Å²) in [5.41, 5.74) is 0. The second-order valence-electron chi connectivity index (χ2n) is 5.78. The van der Waals surface area contributed by atoms with E-state index in [1.54, 1.807) is 4.90 Å². The van der Waals surface area contributed by atoms with Crippen molar-refractivity contribution >= 4 is 15.9 Å². The zero-order valence-corrected chi connectivity index (χ0v) is 13.6. The molecule has 1 N–H and O–H groups in total. The Labute approximate surface area is 135 Å². The predicted octanol–water partition coefficient (Wildman–Crippen LogP) is 0.411. The molecule has 2 fully saturated rings. The Bertz CT molecular complexity index is 689. The molecule has 23 heavy (non-hydrogen) atoms. The van der Waals surface area contributed by atoms with Crippen LogP contribution in [-0.4, -0.2) is 62.3 Å². The minimum Gasteiger partial charge on any atom is -0.339 e. The van der Waals surface area contributed by atoms with Crippen molar-refractivity contribution in [3.05, 3.63) is 30.1 Å². The molecule has 0 radical (unpaired) electrons. The van der Waals surface area contributed by atoms with Crippen molar-refractivity contribution in [3.63, 3.8) is 0 Å². The topological polar surface area (TPSA) is 69.7 Å². The van der Waals surface area contributed by atoms with Crippen molar-refractivity contribution in [2.24, 2.45) is 0 Å². The number of rotatable bonds is 3. The van der Waals surface area contributed by atoms with Crippen LogP contribution in [0.3, 0.4) is 0 Å². The van der Waals surface area contributed by atoms with E-state index in [0.29, 0.717) is 39.0 Å². The van der Waals surface area contributed by atoms with Crippen LogP contribution < -0.4 is 5.32 Å². The van der Waals surface area contributed by atoms with Crippen LogP contribution in [0, 0.1) is 5.82 Å². The van der Waals surface area contributed by atoms with Gasteiger partial charge in [-0.2, -0.15) is 4.31 Å². The molecule has 2 aliphatic heterocycles. The van der Waals surface area contributed by atoms with Gasteiger partial charge in [-0.3, -0.25) is 4.79 Å². The van der Waals surface area contributed by atoms with Crippen LogP contribution in [0.15, 0.2) is 29.2 Å². The second kappa shape index (κ2) is 6.54. The predicted molar refractivity (Wildman–Crippen MR) is 82.8 cm³/mol. The molecule has 3 rings (SSSR count). The number of carbonyl (C=O) groups excluding carboxylic acids is 1. The van der Waals surface area contributed by atoms with Gasteiger partial charge in [-0.15, -0.1) is 0 Å². The summed E-state index contributed by atoms with van der Waals surface area (Å²) in [4.78, 5) is 14.0. The van der Waals surface area contributed by atoms with E-state index in [-0.39, 0.29) is 17.3 Å². The first-order valence-electron chi connectivity index (χ1n) is 7.78. The highest BCUT2D eigenvalue weighted by molar-refractivity contribution is 7.89. The Morgan fingerprint density at radius 1 is 1.17 bits per heavy atom. The Kier molecular flexibility index (Phi) is 4.65. The maximum atomic E-state index is 13.9. The molecule has 1 amide bonds. The summed E-state index contributed by atoms with van der Waals surface area (Å²) in [6, 6.07) is 4.57. The van der Waals surface area contributed by atoms with E-state index in [9.17, 15) is 17.6 Å². The summed E-state index contributed by atoms with van der Waals surface area (Å²) in [5.74, 6) is -0.961. The van der Waals surface area contributed by atoms with Crippen LogP contribution in [0.5, 0.6) is 0 Å². The van der Waals surface area contributed by atoms with E-state index >= 15 is 0 Å². The molecule has 2 saturated heterocycles. The molecule has 1 atom stereocenters. The zero-order chi connectivity index (χ0) is 16.4. The summed E-state index contributed by atoms with van der Waals surface area (Å²) in [6.45, 7) is 2.81. The van der Waals surface area contributed by atoms with Gasteiger partial charge in [-0.05, 0) is 25.0 Å². The molecule has 6 nitrogen and oxygen atoms in total. The summed E-state index contributed by atoms with van der Waals surface area (Å²) in [6.07, 6.45) is 1.09. The van der Waals surface area contributed by atoms with E-state index in [4.69, 9.17) is 0 Å². The van der Waals surface area contributed by atoms with E-state index in [0.717, 1.165) is 10.4 Å². The molecule has 0 bridgehead atoms. The van der Waals surface area contributed by atoms with Gasteiger partial charge in [-0.25, -0.2) is 12.8 Å². The van der Waals surface area contributed by atoms with Gasteiger partial charge in [0.05, 0.1) is 0 Å². The molecular weight excluding hydrogens is 321 g/mol. The molecule has 126 valence electrons. The third-order valence-electron chi connectivity index (χ3n) is 4.34. The highest BCUT2D eigenvalue weighted by atomic mass is 32.2. The first-order chi connectivity index (χ1) is 11.0. The Hall–Kier alpha value is -1.51. The minimum absolute atomic E-state index is 0.177. The maximum absolute atomic E-state index is 13.9. The summed E-state index contributed by atoms with van der Waals surface area (Å²) >= 11 is 0. The Morgan fingerprint density at radius 2 is 1.87 bits per heavy atom. The lowest BCUT2D eigenvalue weighted by Gasteiger charge is -2.32. The van der Waals surface area contributed by atoms with E-state index in [2.05, 4.69) is 5.32 Å². The van der Waals surface area contributed by atoms with Gasteiger partial charge in [-0.1, -0.05) is 12.1 Å². The van der Waals surface area contributed by atoms with Crippen molar-refractivity contribution < 1.29 is 17.6 Å². The number of carbonyl (C=O) groups is 1. The number of benzene rings is 1. The van der Waals surface area contributed by atoms with Crippen LogP contribution in [0.25, 0.3) is 0 Å². The normalized spacial score (nSPS) is 23.2. The number of nitrogens with one attached hydrogen (secondary N) is 1. The molecule has 2 aliphatic rings. The molecule has 8 heteroatoms. The first kappa shape index (κ1) is 16.4. The number of nitrogens with zero attached hydrogens (tertiary/aromatic N) is 2. The van der Waals surface area contributed by atoms with Gasteiger partial charge in [0, 0.05) is 32.7 Å². The maximum Gasteiger partial charge on any atom is 0.246 e. The lowest BCUT2D eigenvalue weighted by molar-refractivity contribution is -0.135. The fourth-order valence-electron chi connectivity index (χ4n) is 3.15. The third kappa shape index (κ3) is 3.11. The molecular formula is C15H20FN3O3S. The molecule has 0 spiro atoms. The molecule has 2 heterocycles. The third-order valence-corrected chi connectivity index (χ3v) is 6.28. The second-order valence-corrected chi connectivity index (χ2v) is 7.64. The number of piperazine rings is 1. The fourth-order valence-corrected chi connectivity index (χ4v) is 4.87. The van der Waals surface area contributed by atoms with Crippen molar-refractivity contribution in [1.82, 2.24) is 14.5 Å². The Balaban J connectivity index is 1.86. The highest BCUT2D eigenvalue weighted by Gasteiger charge is 2.42. The van der Waals surface area contributed by atoms with Crippen molar-refractivity contribution in [3.8, 4) is 0 Å². The standard InChI is InChI=1S/C15H20FN3O3S/c16-12-4-1-2-6-14(12)23(21,22)19-9-3-5-13(19)15(20)18-10-7-17-8-11-18/h1-2,4,6,13,17H,3,5,7-11H2. The van der Waals surface area contributed by atoms with Crippen LogP contribution in [0.4, 0.5) is 4.39 Å². The van der Waals surface area contributed by atoms with Crippen LogP contribution in [-0.2, 0) is 14.8 Å². The fraction of sp³-hybridized carbons (Fsp3) is 0.533. The zero-order valence-electron chi connectivity index (χ0n) is 12.7. The highest BCUT2D eigenvalue weighted by Crippen LogP contribution is 2.28. The molecule has 1 unspecified atom stereocenters. The smallest absolute Gasteiger partial charge is 0.246 e. The van der Waals surface area contributed by atoms with Crippen LogP contribution >= 0.6 is 0 Å². The van der Waals surface area contributed by atoms with Crippen molar-refractivity contribution in [2.45, 2.75) is 23.8 Å². The number of hydrogen-bond donors (Lipinski definition) is 1. The van der Waals surface area contributed by atoms with E-state index in [1.165, 1.54) is 18.2 Å². The quantitative estimate of drug-likeness (QED) is 0.865. The SMILES string of the molecule is O=C(C1CCCN1S(=O)(=O)c1ccccc1F)N1CCNCC1. The van der Waals surface area contributed by atoms with Gasteiger partial charge < -0.3 is 10.2 Å².